The summed E-state index contributed by atoms with van der Waals surface area (Å²) in [6.07, 6.45) is -0.481. The largest absolute Gasteiger partial charge is 0.341 e. The molecule has 0 saturated carbocycles. The lowest BCUT2D eigenvalue weighted by molar-refractivity contribution is -0.134. The van der Waals surface area contributed by atoms with Crippen LogP contribution in [-0.4, -0.2) is 35.7 Å². The van der Waals surface area contributed by atoms with E-state index in [9.17, 15) is 13.6 Å². The van der Waals surface area contributed by atoms with Gasteiger partial charge < -0.3 is 4.90 Å². The minimum Gasteiger partial charge on any atom is -0.341 e. The van der Waals surface area contributed by atoms with Crippen LogP contribution in [0.25, 0.3) is 0 Å². The summed E-state index contributed by atoms with van der Waals surface area (Å²) in [5.41, 5.74) is 0. The molecule has 1 saturated heterocycles. The number of amides is 1. The minimum atomic E-state index is -2.59. The highest BCUT2D eigenvalue weighted by Gasteiger charge is 2.35. The number of likely N-dealkylation sites (tertiary alicyclic amines) is 1. The number of rotatable bonds is 1. The van der Waals surface area contributed by atoms with Crippen molar-refractivity contribution < 1.29 is 13.6 Å². The standard InChI is InChI=1S/C7H10ClF2NO/c8-5-6(12)11-3-1-7(9,10)2-4-11/h1-5H2. The van der Waals surface area contributed by atoms with E-state index >= 15 is 0 Å². The third kappa shape index (κ3) is 2.30. The number of alkyl halides is 3. The Morgan fingerprint density at radius 3 is 2.33 bits per heavy atom. The van der Waals surface area contributed by atoms with Gasteiger partial charge in [0, 0.05) is 25.9 Å². The highest BCUT2D eigenvalue weighted by molar-refractivity contribution is 6.27. The molecule has 5 heteroatoms. The Morgan fingerprint density at radius 1 is 1.42 bits per heavy atom. The van der Waals surface area contributed by atoms with Crippen LogP contribution in [0.15, 0.2) is 0 Å². The molecule has 0 aromatic rings. The predicted molar refractivity (Wildman–Crippen MR) is 41.5 cm³/mol. The van der Waals surface area contributed by atoms with Crippen LogP contribution in [0.3, 0.4) is 0 Å². The second-order valence-corrected chi connectivity index (χ2v) is 3.14. The molecule has 1 rings (SSSR count). The monoisotopic (exact) mass is 197 g/mol. The van der Waals surface area contributed by atoms with E-state index in [0.717, 1.165) is 0 Å². The summed E-state index contributed by atoms with van der Waals surface area (Å²) in [5, 5.41) is 0. The molecule has 0 bridgehead atoms. The van der Waals surface area contributed by atoms with Crippen molar-refractivity contribution in [2.45, 2.75) is 18.8 Å². The van der Waals surface area contributed by atoms with Crippen LogP contribution in [0.1, 0.15) is 12.8 Å². The van der Waals surface area contributed by atoms with Gasteiger partial charge in [0.2, 0.25) is 5.91 Å². The first-order valence-corrected chi connectivity index (χ1v) is 4.30. The number of hydrogen-bond acceptors (Lipinski definition) is 1. The average molecular weight is 198 g/mol. The first-order valence-electron chi connectivity index (χ1n) is 3.77. The van der Waals surface area contributed by atoms with E-state index < -0.39 is 5.92 Å². The van der Waals surface area contributed by atoms with E-state index in [1.807, 2.05) is 0 Å². The van der Waals surface area contributed by atoms with Gasteiger partial charge in [0.25, 0.3) is 5.92 Å². The van der Waals surface area contributed by atoms with Crippen LogP contribution in [0, 0.1) is 0 Å². The summed E-state index contributed by atoms with van der Waals surface area (Å²) < 4.78 is 25.1. The Morgan fingerprint density at radius 2 is 1.92 bits per heavy atom. The number of hydrogen-bond donors (Lipinski definition) is 0. The van der Waals surface area contributed by atoms with E-state index in [1.165, 1.54) is 4.90 Å². The molecular formula is C7H10ClF2NO. The normalized spacial score (nSPS) is 22.4. The highest BCUT2D eigenvalue weighted by atomic mass is 35.5. The van der Waals surface area contributed by atoms with Gasteiger partial charge in [-0.1, -0.05) is 0 Å². The van der Waals surface area contributed by atoms with Crippen LogP contribution < -0.4 is 0 Å². The van der Waals surface area contributed by atoms with Crippen LogP contribution in [0.4, 0.5) is 8.78 Å². The van der Waals surface area contributed by atoms with E-state index in [1.54, 1.807) is 0 Å². The summed E-state index contributed by atoms with van der Waals surface area (Å²) in [4.78, 5) is 12.3. The van der Waals surface area contributed by atoms with Crippen molar-refractivity contribution >= 4 is 17.5 Å². The summed E-state index contributed by atoms with van der Waals surface area (Å²) in [5.74, 6) is -2.97. The van der Waals surface area contributed by atoms with Crippen molar-refractivity contribution in [3.8, 4) is 0 Å². The lowest BCUT2D eigenvalue weighted by Crippen LogP contribution is -2.43. The Kier molecular flexibility index (Phi) is 2.88. The number of carbonyl (C=O) groups excluding carboxylic acids is 1. The van der Waals surface area contributed by atoms with Gasteiger partial charge in [0.05, 0.1) is 0 Å². The van der Waals surface area contributed by atoms with Gasteiger partial charge >= 0.3 is 0 Å². The van der Waals surface area contributed by atoms with E-state index in [-0.39, 0.29) is 37.7 Å². The van der Waals surface area contributed by atoms with E-state index in [2.05, 4.69) is 0 Å². The number of nitrogens with zero attached hydrogens (tertiary/aromatic N) is 1. The molecule has 1 heterocycles. The van der Waals surface area contributed by atoms with E-state index in [0.29, 0.717) is 0 Å². The van der Waals surface area contributed by atoms with Crippen molar-refractivity contribution in [1.29, 1.82) is 0 Å². The maximum atomic E-state index is 12.6. The molecule has 1 amide bonds. The van der Waals surface area contributed by atoms with Crippen LogP contribution in [0.2, 0.25) is 0 Å². The van der Waals surface area contributed by atoms with Gasteiger partial charge in [-0.2, -0.15) is 0 Å². The first-order chi connectivity index (χ1) is 5.55. The molecule has 12 heavy (non-hydrogen) atoms. The second-order valence-electron chi connectivity index (χ2n) is 2.87. The van der Waals surface area contributed by atoms with Gasteiger partial charge in [0.15, 0.2) is 0 Å². The summed E-state index contributed by atoms with van der Waals surface area (Å²) >= 11 is 5.28. The van der Waals surface area contributed by atoms with Crippen molar-refractivity contribution in [2.24, 2.45) is 0 Å². The quantitative estimate of drug-likeness (QED) is 0.584. The fourth-order valence-corrected chi connectivity index (χ4v) is 1.34. The molecule has 0 unspecified atom stereocenters. The average Bonchev–Trinajstić information content (AvgIpc) is 2.03. The number of carbonyl (C=O) groups is 1. The lowest BCUT2D eigenvalue weighted by Gasteiger charge is -2.31. The summed E-state index contributed by atoms with van der Waals surface area (Å²) in [6, 6.07) is 0. The molecule has 0 atom stereocenters. The van der Waals surface area contributed by atoms with Gasteiger partial charge in [-0.15, -0.1) is 11.6 Å². The van der Waals surface area contributed by atoms with Gasteiger partial charge in [-0.25, -0.2) is 8.78 Å². The smallest absolute Gasteiger partial charge is 0.251 e. The molecule has 0 spiro atoms. The molecule has 0 aromatic heterocycles. The Bertz CT molecular complexity index is 176. The molecule has 1 fully saturated rings. The minimum absolute atomic E-state index is 0.119. The highest BCUT2D eigenvalue weighted by Crippen LogP contribution is 2.27. The lowest BCUT2D eigenvalue weighted by atomic mass is 10.1. The zero-order valence-corrected chi connectivity index (χ0v) is 7.28. The van der Waals surface area contributed by atoms with Crippen molar-refractivity contribution in [3.63, 3.8) is 0 Å². The van der Waals surface area contributed by atoms with Gasteiger partial charge in [-0.05, 0) is 0 Å². The van der Waals surface area contributed by atoms with Crippen LogP contribution >= 0.6 is 11.6 Å². The maximum Gasteiger partial charge on any atom is 0.251 e. The Balaban J connectivity index is 2.41. The summed E-state index contributed by atoms with van der Waals surface area (Å²) in [7, 11) is 0. The number of piperidine rings is 1. The van der Waals surface area contributed by atoms with Crippen LogP contribution in [-0.2, 0) is 4.79 Å². The van der Waals surface area contributed by atoms with Crippen LogP contribution in [0.5, 0.6) is 0 Å². The van der Waals surface area contributed by atoms with Crippen molar-refractivity contribution in [3.05, 3.63) is 0 Å². The molecule has 0 N–H and O–H groups in total. The molecule has 0 aliphatic carbocycles. The molecule has 0 radical (unpaired) electrons. The molecule has 70 valence electrons. The number of halogens is 3. The Labute approximate surface area is 74.5 Å². The molecule has 1 aliphatic rings. The van der Waals surface area contributed by atoms with Crippen molar-refractivity contribution in [2.75, 3.05) is 19.0 Å². The molecule has 2 nitrogen and oxygen atoms in total. The maximum absolute atomic E-state index is 12.6. The predicted octanol–water partition coefficient (Wildman–Crippen LogP) is 1.48. The molecule has 1 aliphatic heterocycles. The summed E-state index contributed by atoms with van der Waals surface area (Å²) in [6.45, 7) is 0.247. The third-order valence-electron chi connectivity index (χ3n) is 1.96. The third-order valence-corrected chi connectivity index (χ3v) is 2.19. The Hall–Kier alpha value is -0.380. The fraction of sp³-hybridized carbons (Fsp3) is 0.857. The van der Waals surface area contributed by atoms with E-state index in [4.69, 9.17) is 11.6 Å². The molecule has 0 aromatic carbocycles. The first kappa shape index (κ1) is 9.71. The van der Waals surface area contributed by atoms with Gasteiger partial charge in [-0.3, -0.25) is 4.79 Å². The fourth-order valence-electron chi connectivity index (χ4n) is 1.17. The second kappa shape index (κ2) is 3.56. The van der Waals surface area contributed by atoms with Crippen molar-refractivity contribution in [1.82, 2.24) is 4.90 Å². The topological polar surface area (TPSA) is 20.3 Å². The molecular weight excluding hydrogens is 188 g/mol. The SMILES string of the molecule is O=C(CCl)N1CCC(F)(F)CC1. The zero-order valence-electron chi connectivity index (χ0n) is 6.52. The van der Waals surface area contributed by atoms with Gasteiger partial charge in [0.1, 0.15) is 5.88 Å². The zero-order chi connectivity index (χ0) is 9.19.